The van der Waals surface area contributed by atoms with E-state index < -0.39 is 0 Å². The molecule has 0 bridgehead atoms. The van der Waals surface area contributed by atoms with Crippen molar-refractivity contribution < 1.29 is 9.53 Å². The van der Waals surface area contributed by atoms with Gasteiger partial charge in [-0.1, -0.05) is 18.2 Å². The Hall–Kier alpha value is -1.83. The maximum absolute atomic E-state index is 11.8. The monoisotopic (exact) mass is 212 g/mol. The van der Waals surface area contributed by atoms with Crippen LogP contribution >= 0.6 is 0 Å². The Labute approximate surface area is 93.8 Å². The highest BCUT2D eigenvalue weighted by Crippen LogP contribution is 2.31. The van der Waals surface area contributed by atoms with Gasteiger partial charge in [0.15, 0.2) is 5.78 Å². The maximum Gasteiger partial charge on any atom is 0.164 e. The fourth-order valence-corrected chi connectivity index (χ4v) is 2.38. The van der Waals surface area contributed by atoms with Gasteiger partial charge in [-0.15, -0.1) is 0 Å². The predicted molar refractivity (Wildman–Crippen MR) is 63.2 cm³/mol. The Kier molecular flexibility index (Phi) is 1.96. The Balaban J connectivity index is 2.37. The highest BCUT2D eigenvalue weighted by atomic mass is 16.5. The molecule has 1 aliphatic rings. The topological polar surface area (TPSA) is 26.3 Å². The highest BCUT2D eigenvalue weighted by molar-refractivity contribution is 6.11. The van der Waals surface area contributed by atoms with Gasteiger partial charge in [-0.05, 0) is 34.9 Å². The molecule has 0 fully saturated rings. The molecule has 0 aliphatic heterocycles. The quantitative estimate of drug-likeness (QED) is 0.726. The summed E-state index contributed by atoms with van der Waals surface area (Å²) in [6, 6.07) is 10.0. The van der Waals surface area contributed by atoms with Crippen LogP contribution in [0.25, 0.3) is 10.8 Å². The van der Waals surface area contributed by atoms with Gasteiger partial charge in [-0.25, -0.2) is 0 Å². The van der Waals surface area contributed by atoms with Crippen molar-refractivity contribution in [1.82, 2.24) is 0 Å². The molecule has 2 aromatic carbocycles. The van der Waals surface area contributed by atoms with E-state index in [0.29, 0.717) is 6.42 Å². The first-order valence-electron chi connectivity index (χ1n) is 5.42. The molecular weight excluding hydrogens is 200 g/mol. The number of fused-ring (bicyclic) bond motifs is 3. The van der Waals surface area contributed by atoms with E-state index in [2.05, 4.69) is 12.1 Å². The van der Waals surface area contributed by atoms with Crippen molar-refractivity contribution in [2.75, 3.05) is 7.11 Å². The number of hydrogen-bond acceptors (Lipinski definition) is 2. The molecule has 0 unspecified atom stereocenters. The molecule has 0 heterocycles. The van der Waals surface area contributed by atoms with Crippen LogP contribution in [0.4, 0.5) is 0 Å². The molecule has 80 valence electrons. The second-order valence-electron chi connectivity index (χ2n) is 4.11. The number of Topliss-reactive ketones (excluding diaryl/α,β-unsaturated/α-hetero) is 1. The lowest BCUT2D eigenvalue weighted by molar-refractivity contribution is 0.0996. The molecule has 2 heteroatoms. The number of hydrogen-bond donors (Lipinski definition) is 0. The summed E-state index contributed by atoms with van der Waals surface area (Å²) in [5.41, 5.74) is 2.07. The zero-order valence-electron chi connectivity index (χ0n) is 9.12. The summed E-state index contributed by atoms with van der Waals surface area (Å²) >= 11 is 0. The van der Waals surface area contributed by atoms with E-state index in [0.717, 1.165) is 28.5 Å². The molecular formula is C14H12O2. The molecule has 0 saturated carbocycles. The largest absolute Gasteiger partial charge is 0.497 e. The number of rotatable bonds is 1. The molecule has 3 rings (SSSR count). The summed E-state index contributed by atoms with van der Waals surface area (Å²) in [4.78, 5) is 11.8. The maximum atomic E-state index is 11.8. The first kappa shape index (κ1) is 9.40. The van der Waals surface area contributed by atoms with E-state index in [9.17, 15) is 4.79 Å². The van der Waals surface area contributed by atoms with E-state index >= 15 is 0 Å². The van der Waals surface area contributed by atoms with Gasteiger partial charge in [0.1, 0.15) is 5.75 Å². The molecule has 0 saturated heterocycles. The minimum atomic E-state index is 0.258. The van der Waals surface area contributed by atoms with E-state index in [1.54, 1.807) is 7.11 Å². The number of benzene rings is 2. The van der Waals surface area contributed by atoms with Crippen LogP contribution in [0.1, 0.15) is 22.3 Å². The summed E-state index contributed by atoms with van der Waals surface area (Å²) in [7, 11) is 1.64. The van der Waals surface area contributed by atoms with Gasteiger partial charge in [0.25, 0.3) is 0 Å². The predicted octanol–water partition coefficient (Wildman–Crippen LogP) is 2.98. The Morgan fingerprint density at radius 3 is 2.75 bits per heavy atom. The van der Waals surface area contributed by atoms with Crippen LogP contribution < -0.4 is 4.74 Å². The molecule has 0 radical (unpaired) electrons. The zero-order valence-corrected chi connectivity index (χ0v) is 9.12. The number of carbonyl (C=O) groups is 1. The molecule has 2 nitrogen and oxygen atoms in total. The van der Waals surface area contributed by atoms with Crippen molar-refractivity contribution in [3.8, 4) is 5.75 Å². The Bertz CT molecular complexity index is 585. The normalized spacial score (nSPS) is 14.2. The van der Waals surface area contributed by atoms with Crippen LogP contribution in [0.3, 0.4) is 0 Å². The fraction of sp³-hybridized carbons (Fsp3) is 0.214. The van der Waals surface area contributed by atoms with Gasteiger partial charge in [0.2, 0.25) is 0 Å². The minimum absolute atomic E-state index is 0.258. The van der Waals surface area contributed by atoms with Gasteiger partial charge in [0, 0.05) is 12.0 Å². The number of aryl methyl sites for hydroxylation is 1. The van der Waals surface area contributed by atoms with Crippen molar-refractivity contribution in [1.29, 1.82) is 0 Å². The lowest BCUT2D eigenvalue weighted by atomic mass is 10.0. The van der Waals surface area contributed by atoms with Crippen molar-refractivity contribution in [2.24, 2.45) is 0 Å². The van der Waals surface area contributed by atoms with Gasteiger partial charge >= 0.3 is 0 Å². The van der Waals surface area contributed by atoms with Crippen LogP contribution in [0.5, 0.6) is 5.75 Å². The lowest BCUT2D eigenvalue weighted by Gasteiger charge is -2.06. The SMILES string of the molecule is COc1ccc2ccc3c(c2c1)C(=O)CC3. The third-order valence-electron chi connectivity index (χ3n) is 3.22. The molecule has 0 N–H and O–H groups in total. The zero-order chi connectivity index (χ0) is 11.1. The van der Waals surface area contributed by atoms with Crippen LogP contribution in [-0.4, -0.2) is 12.9 Å². The first-order chi connectivity index (χ1) is 7.79. The van der Waals surface area contributed by atoms with Gasteiger partial charge < -0.3 is 4.74 Å². The van der Waals surface area contributed by atoms with Crippen molar-refractivity contribution in [2.45, 2.75) is 12.8 Å². The molecule has 0 atom stereocenters. The average molecular weight is 212 g/mol. The van der Waals surface area contributed by atoms with Crippen molar-refractivity contribution in [3.05, 3.63) is 41.5 Å². The van der Waals surface area contributed by atoms with E-state index in [1.165, 1.54) is 5.56 Å². The van der Waals surface area contributed by atoms with Gasteiger partial charge in [0.05, 0.1) is 7.11 Å². The smallest absolute Gasteiger partial charge is 0.164 e. The first-order valence-corrected chi connectivity index (χ1v) is 5.42. The Morgan fingerprint density at radius 1 is 1.12 bits per heavy atom. The van der Waals surface area contributed by atoms with Crippen LogP contribution in [-0.2, 0) is 6.42 Å². The number of ketones is 1. The summed E-state index contributed by atoms with van der Waals surface area (Å²) in [6.07, 6.45) is 1.52. The highest BCUT2D eigenvalue weighted by Gasteiger charge is 2.21. The van der Waals surface area contributed by atoms with Gasteiger partial charge in [-0.3, -0.25) is 4.79 Å². The average Bonchev–Trinajstić information content (AvgIpc) is 2.71. The standard InChI is InChI=1S/C14H12O2/c1-16-11-6-4-9-2-3-10-5-7-13(15)14(10)12(9)8-11/h2-4,6,8H,5,7H2,1H3. The second-order valence-corrected chi connectivity index (χ2v) is 4.11. The Morgan fingerprint density at radius 2 is 1.94 bits per heavy atom. The lowest BCUT2D eigenvalue weighted by Crippen LogP contribution is -1.93. The number of methoxy groups -OCH3 is 1. The van der Waals surface area contributed by atoms with Gasteiger partial charge in [-0.2, -0.15) is 0 Å². The summed E-state index contributed by atoms with van der Waals surface area (Å²) in [5.74, 6) is 1.06. The molecule has 0 spiro atoms. The minimum Gasteiger partial charge on any atom is -0.497 e. The van der Waals surface area contributed by atoms with Crippen molar-refractivity contribution in [3.63, 3.8) is 0 Å². The molecule has 1 aliphatic carbocycles. The van der Waals surface area contributed by atoms with Crippen molar-refractivity contribution >= 4 is 16.6 Å². The van der Waals surface area contributed by atoms with Crippen LogP contribution in [0, 0.1) is 0 Å². The second kappa shape index (κ2) is 3.34. The van der Waals surface area contributed by atoms with E-state index in [-0.39, 0.29) is 5.78 Å². The van der Waals surface area contributed by atoms with Crippen LogP contribution in [0.2, 0.25) is 0 Å². The molecule has 0 amide bonds. The molecule has 2 aromatic rings. The van der Waals surface area contributed by atoms with E-state index in [4.69, 9.17) is 4.74 Å². The fourth-order valence-electron chi connectivity index (χ4n) is 2.38. The third-order valence-corrected chi connectivity index (χ3v) is 3.22. The number of ether oxygens (including phenoxy) is 1. The molecule has 0 aromatic heterocycles. The summed E-state index contributed by atoms with van der Waals surface area (Å²) < 4.78 is 5.21. The van der Waals surface area contributed by atoms with Crippen LogP contribution in [0.15, 0.2) is 30.3 Å². The molecule has 16 heavy (non-hydrogen) atoms. The number of carbonyl (C=O) groups excluding carboxylic acids is 1. The third kappa shape index (κ3) is 1.23. The van der Waals surface area contributed by atoms with E-state index in [1.807, 2.05) is 18.2 Å². The summed E-state index contributed by atoms with van der Waals surface area (Å²) in [6.45, 7) is 0. The summed E-state index contributed by atoms with van der Waals surface area (Å²) in [5, 5.41) is 2.13.